The number of nitrogens with one attached hydrogen (secondary N) is 1. The minimum Gasteiger partial charge on any atom is -0.288 e. The van der Waals surface area contributed by atoms with Gasteiger partial charge in [-0.3, -0.25) is 9.29 Å². The molecule has 3 aromatic rings. The monoisotopic (exact) mass is 339 g/mol. The van der Waals surface area contributed by atoms with E-state index in [1.165, 1.54) is 12.7 Å². The van der Waals surface area contributed by atoms with E-state index in [0.29, 0.717) is 16.8 Å². The molecule has 0 spiro atoms. The molecular weight excluding hydrogens is 326 g/mol. The second kappa shape index (κ2) is 6.52. The Kier molecular flexibility index (Phi) is 4.26. The fourth-order valence-corrected chi connectivity index (χ4v) is 3.36. The van der Waals surface area contributed by atoms with Crippen LogP contribution in [0.4, 0.5) is 5.69 Å². The van der Waals surface area contributed by atoms with E-state index in [9.17, 15) is 8.42 Å². The van der Waals surface area contributed by atoms with Gasteiger partial charge in [-0.2, -0.15) is 5.26 Å². The lowest BCUT2D eigenvalue weighted by molar-refractivity contribution is 0.600. The van der Waals surface area contributed by atoms with Gasteiger partial charge in [0.15, 0.2) is 0 Å². The van der Waals surface area contributed by atoms with Crippen LogP contribution in [-0.4, -0.2) is 23.2 Å². The smallest absolute Gasteiger partial charge is 0.236 e. The number of anilines is 1. The fourth-order valence-electron chi connectivity index (χ4n) is 2.17. The molecule has 8 heteroatoms. The Balaban J connectivity index is 1.77. The van der Waals surface area contributed by atoms with Gasteiger partial charge in [-0.1, -0.05) is 18.2 Å². The molecule has 0 saturated carbocycles. The van der Waals surface area contributed by atoms with E-state index in [0.717, 1.165) is 5.69 Å². The van der Waals surface area contributed by atoms with Crippen molar-refractivity contribution in [3.63, 3.8) is 0 Å². The molecule has 0 bridgehead atoms. The summed E-state index contributed by atoms with van der Waals surface area (Å²) in [6, 6.07) is 15.4. The molecule has 0 aliphatic rings. The van der Waals surface area contributed by atoms with Crippen LogP contribution in [0.5, 0.6) is 0 Å². The van der Waals surface area contributed by atoms with Gasteiger partial charge in [0.25, 0.3) is 0 Å². The van der Waals surface area contributed by atoms with Crippen molar-refractivity contribution >= 4 is 15.7 Å². The molecule has 0 aliphatic heterocycles. The Hall–Kier alpha value is -3.18. The molecule has 0 unspecified atom stereocenters. The third kappa shape index (κ3) is 3.77. The highest BCUT2D eigenvalue weighted by atomic mass is 32.2. The Bertz CT molecular complexity index is 974. The van der Waals surface area contributed by atoms with Crippen LogP contribution in [0.1, 0.15) is 11.1 Å². The number of sulfonamides is 1. The van der Waals surface area contributed by atoms with Gasteiger partial charge < -0.3 is 0 Å². The first-order valence-corrected chi connectivity index (χ1v) is 8.65. The number of nitriles is 1. The molecule has 0 atom stereocenters. The molecule has 1 N–H and O–H groups in total. The molecule has 24 heavy (non-hydrogen) atoms. The van der Waals surface area contributed by atoms with Crippen LogP contribution in [0.15, 0.2) is 61.2 Å². The zero-order valence-electron chi connectivity index (χ0n) is 12.5. The third-order valence-electron chi connectivity index (χ3n) is 3.28. The van der Waals surface area contributed by atoms with Gasteiger partial charge >= 0.3 is 0 Å². The lowest BCUT2D eigenvalue weighted by Gasteiger charge is -2.10. The first kappa shape index (κ1) is 15.7. The SMILES string of the molecule is N#Cc1ccc(CS(=O)(=O)Nc2cccc(-n3cnnc3)c2)cc1. The second-order valence-electron chi connectivity index (χ2n) is 5.09. The Labute approximate surface area is 139 Å². The average Bonchev–Trinajstić information content (AvgIpc) is 3.09. The average molecular weight is 339 g/mol. The normalized spacial score (nSPS) is 11.0. The number of nitrogens with zero attached hydrogens (tertiary/aromatic N) is 4. The van der Waals surface area contributed by atoms with Crippen LogP contribution < -0.4 is 4.72 Å². The van der Waals surface area contributed by atoms with Crippen LogP contribution >= 0.6 is 0 Å². The van der Waals surface area contributed by atoms with Crippen molar-refractivity contribution < 1.29 is 8.42 Å². The van der Waals surface area contributed by atoms with E-state index in [-0.39, 0.29) is 5.75 Å². The Morgan fingerprint density at radius 1 is 1.08 bits per heavy atom. The maximum atomic E-state index is 12.3. The quantitative estimate of drug-likeness (QED) is 0.767. The van der Waals surface area contributed by atoms with Gasteiger partial charge in [-0.05, 0) is 35.9 Å². The zero-order chi connectivity index (χ0) is 17.0. The summed E-state index contributed by atoms with van der Waals surface area (Å²) in [6.07, 6.45) is 3.06. The van der Waals surface area contributed by atoms with Crippen molar-refractivity contribution in [3.05, 3.63) is 72.3 Å². The van der Waals surface area contributed by atoms with Crippen molar-refractivity contribution in [1.82, 2.24) is 14.8 Å². The van der Waals surface area contributed by atoms with Crippen LogP contribution in [0.25, 0.3) is 5.69 Å². The molecule has 0 fully saturated rings. The van der Waals surface area contributed by atoms with Crippen LogP contribution in [0.3, 0.4) is 0 Å². The minimum absolute atomic E-state index is 0.171. The molecule has 0 saturated heterocycles. The van der Waals surface area contributed by atoms with Crippen LogP contribution in [-0.2, 0) is 15.8 Å². The van der Waals surface area contributed by atoms with Gasteiger partial charge in [0, 0.05) is 0 Å². The van der Waals surface area contributed by atoms with Gasteiger partial charge in [-0.15, -0.1) is 10.2 Å². The highest BCUT2D eigenvalue weighted by molar-refractivity contribution is 7.91. The first-order chi connectivity index (χ1) is 11.6. The number of hydrogen-bond acceptors (Lipinski definition) is 5. The van der Waals surface area contributed by atoms with Crippen LogP contribution in [0, 0.1) is 11.3 Å². The summed E-state index contributed by atoms with van der Waals surface area (Å²) in [4.78, 5) is 0. The Morgan fingerprint density at radius 3 is 2.46 bits per heavy atom. The first-order valence-electron chi connectivity index (χ1n) is 7.00. The number of hydrogen-bond donors (Lipinski definition) is 1. The third-order valence-corrected chi connectivity index (χ3v) is 4.54. The fraction of sp³-hybridized carbons (Fsp3) is 0.0625. The molecule has 3 rings (SSSR count). The maximum Gasteiger partial charge on any atom is 0.236 e. The zero-order valence-corrected chi connectivity index (χ0v) is 13.3. The van der Waals surface area contributed by atoms with Crippen molar-refractivity contribution in [2.75, 3.05) is 4.72 Å². The molecule has 2 aromatic carbocycles. The van der Waals surface area contributed by atoms with Gasteiger partial charge in [0.1, 0.15) is 12.7 Å². The van der Waals surface area contributed by atoms with Crippen LogP contribution in [0.2, 0.25) is 0 Å². The lowest BCUT2D eigenvalue weighted by Crippen LogP contribution is -2.15. The predicted molar refractivity (Wildman–Crippen MR) is 88.8 cm³/mol. The van der Waals surface area contributed by atoms with Crippen molar-refractivity contribution in [2.24, 2.45) is 0 Å². The summed E-state index contributed by atoms with van der Waals surface area (Å²) >= 11 is 0. The van der Waals surface area contributed by atoms with Gasteiger partial charge in [0.05, 0.1) is 28.8 Å². The lowest BCUT2D eigenvalue weighted by atomic mass is 10.2. The highest BCUT2D eigenvalue weighted by Gasteiger charge is 2.12. The molecule has 120 valence electrons. The maximum absolute atomic E-state index is 12.3. The summed E-state index contributed by atoms with van der Waals surface area (Å²) in [5.74, 6) is -0.171. The molecule has 0 aliphatic carbocycles. The van der Waals surface area contributed by atoms with E-state index in [1.54, 1.807) is 47.0 Å². The molecule has 7 nitrogen and oxygen atoms in total. The standard InChI is InChI=1S/C16H13N5O2S/c17-9-13-4-6-14(7-5-13)10-24(22,23)20-15-2-1-3-16(8-15)21-11-18-19-12-21/h1-8,11-12,20H,10H2. The Morgan fingerprint density at radius 2 is 1.79 bits per heavy atom. The van der Waals surface area contributed by atoms with Gasteiger partial charge in [0.2, 0.25) is 10.0 Å². The highest BCUT2D eigenvalue weighted by Crippen LogP contribution is 2.17. The van der Waals surface area contributed by atoms with E-state index in [2.05, 4.69) is 14.9 Å². The summed E-state index contributed by atoms with van der Waals surface area (Å²) in [5, 5.41) is 16.2. The van der Waals surface area contributed by atoms with E-state index in [4.69, 9.17) is 5.26 Å². The summed E-state index contributed by atoms with van der Waals surface area (Å²) in [6.45, 7) is 0. The topological polar surface area (TPSA) is 101 Å². The van der Waals surface area contributed by atoms with Crippen molar-refractivity contribution in [3.8, 4) is 11.8 Å². The molecule has 0 radical (unpaired) electrons. The minimum atomic E-state index is -3.57. The van der Waals surface area contributed by atoms with E-state index in [1.807, 2.05) is 12.1 Å². The molecular formula is C16H13N5O2S. The molecule has 1 aromatic heterocycles. The van der Waals surface area contributed by atoms with E-state index >= 15 is 0 Å². The van der Waals surface area contributed by atoms with Gasteiger partial charge in [-0.25, -0.2) is 8.42 Å². The summed E-state index contributed by atoms with van der Waals surface area (Å²) in [5.41, 5.74) is 2.30. The molecule has 0 amide bonds. The van der Waals surface area contributed by atoms with Crippen molar-refractivity contribution in [2.45, 2.75) is 5.75 Å². The number of benzene rings is 2. The van der Waals surface area contributed by atoms with E-state index < -0.39 is 10.0 Å². The molecule has 1 heterocycles. The number of rotatable bonds is 5. The summed E-state index contributed by atoms with van der Waals surface area (Å²) < 4.78 is 28.9. The van der Waals surface area contributed by atoms with Crippen molar-refractivity contribution in [1.29, 1.82) is 5.26 Å². The largest absolute Gasteiger partial charge is 0.288 e. The summed E-state index contributed by atoms with van der Waals surface area (Å²) in [7, 11) is -3.57. The predicted octanol–water partition coefficient (Wildman–Crippen LogP) is 2.08. The second-order valence-corrected chi connectivity index (χ2v) is 6.81. The number of aromatic nitrogens is 3.